The Hall–Kier alpha value is -1.89. The van der Waals surface area contributed by atoms with Gasteiger partial charge in [-0.1, -0.05) is 26.7 Å². The number of hydrogen-bond donors (Lipinski definition) is 4. The van der Waals surface area contributed by atoms with Crippen molar-refractivity contribution in [2.24, 2.45) is 22.4 Å². The lowest BCUT2D eigenvalue weighted by atomic mass is 9.84. The van der Waals surface area contributed by atoms with E-state index in [-0.39, 0.29) is 4.75 Å². The molecule has 2 aliphatic heterocycles. The van der Waals surface area contributed by atoms with Crippen molar-refractivity contribution in [3.8, 4) is 0 Å². The van der Waals surface area contributed by atoms with Gasteiger partial charge < -0.3 is 16.8 Å². The lowest BCUT2D eigenvalue weighted by molar-refractivity contribution is 0.409. The molecule has 0 saturated carbocycles. The fourth-order valence-electron chi connectivity index (χ4n) is 3.09. The summed E-state index contributed by atoms with van der Waals surface area (Å²) in [5, 5.41) is 10.4. The summed E-state index contributed by atoms with van der Waals surface area (Å²) in [5.74, 6) is 1.28. The van der Waals surface area contributed by atoms with Crippen LogP contribution in [0.2, 0.25) is 0 Å². The minimum Gasteiger partial charge on any atom is -0.383 e. The molecule has 0 aliphatic carbocycles. The zero-order valence-corrected chi connectivity index (χ0v) is 13.0. The lowest BCUT2D eigenvalue weighted by Crippen LogP contribution is -2.34. The molecule has 0 spiro atoms. The van der Waals surface area contributed by atoms with E-state index in [0.717, 1.165) is 29.1 Å². The molecule has 1 aromatic heterocycles. The molecular formula is C14H20N6S. The van der Waals surface area contributed by atoms with Gasteiger partial charge in [-0.25, -0.2) is 0 Å². The minimum atomic E-state index is -0.206. The van der Waals surface area contributed by atoms with E-state index in [9.17, 15) is 0 Å². The maximum Gasteiger partial charge on any atom is 0.199 e. The first-order valence-electron chi connectivity index (χ1n) is 7.13. The standard InChI is InChI=1S/C14H20N6S/c1-3-8(4-2)14(10-5-6-17-20-10)7-9-11(21-14)12(15)19-13(16)18-9/h5-8H,3-4,15H2,1-2H3,(H,17,20)(H3,16,18,19). The molecule has 2 aliphatic rings. The Labute approximate surface area is 128 Å². The number of hydrogen-bond acceptors (Lipinski definition) is 6. The van der Waals surface area contributed by atoms with Crippen molar-refractivity contribution in [3.63, 3.8) is 0 Å². The normalized spacial score (nSPS) is 24.7. The lowest BCUT2D eigenvalue weighted by Gasteiger charge is -2.33. The van der Waals surface area contributed by atoms with Gasteiger partial charge in [-0.3, -0.25) is 5.10 Å². The van der Waals surface area contributed by atoms with Crippen LogP contribution in [-0.2, 0) is 4.75 Å². The molecule has 21 heavy (non-hydrogen) atoms. The van der Waals surface area contributed by atoms with Crippen LogP contribution in [0.15, 0.2) is 39.8 Å². The zero-order valence-electron chi connectivity index (χ0n) is 12.2. The summed E-state index contributed by atoms with van der Waals surface area (Å²) in [6, 6.07) is 2.03. The van der Waals surface area contributed by atoms with Gasteiger partial charge in [0.2, 0.25) is 0 Å². The highest BCUT2D eigenvalue weighted by Gasteiger charge is 2.46. The summed E-state index contributed by atoms with van der Waals surface area (Å²) in [6.45, 7) is 4.42. The quantitative estimate of drug-likeness (QED) is 0.678. The van der Waals surface area contributed by atoms with Crippen LogP contribution in [0.3, 0.4) is 0 Å². The Balaban J connectivity index is 2.12. The zero-order chi connectivity index (χ0) is 15.0. The fraction of sp³-hybridized carbons (Fsp3) is 0.429. The average molecular weight is 304 g/mol. The van der Waals surface area contributed by atoms with Gasteiger partial charge in [-0.05, 0) is 18.1 Å². The number of rotatable bonds is 4. The average Bonchev–Trinajstić information content (AvgIpc) is 3.07. The van der Waals surface area contributed by atoms with Crippen molar-refractivity contribution in [3.05, 3.63) is 40.5 Å². The first kappa shape index (κ1) is 14.1. The number of nitrogens with zero attached hydrogens (tertiary/aromatic N) is 2. The Morgan fingerprint density at radius 1 is 1.33 bits per heavy atom. The maximum atomic E-state index is 6.05. The maximum absolute atomic E-state index is 6.05. The van der Waals surface area contributed by atoms with E-state index in [1.165, 1.54) is 0 Å². The summed E-state index contributed by atoms with van der Waals surface area (Å²) < 4.78 is -0.206. The van der Waals surface area contributed by atoms with Crippen LogP contribution >= 0.6 is 11.8 Å². The highest BCUT2D eigenvalue weighted by molar-refractivity contribution is 8.04. The number of H-pyrrole nitrogens is 1. The van der Waals surface area contributed by atoms with Crippen LogP contribution in [0.4, 0.5) is 0 Å². The van der Waals surface area contributed by atoms with Gasteiger partial charge in [-0.15, -0.1) is 11.8 Å². The number of aromatic nitrogens is 2. The number of aromatic amines is 1. The molecule has 0 amide bonds. The summed E-state index contributed by atoms with van der Waals surface area (Å²) in [6.07, 6.45) is 6.13. The number of nitrogens with two attached hydrogens (primary N) is 2. The van der Waals surface area contributed by atoms with E-state index in [2.05, 4.69) is 40.4 Å². The number of thioether (sulfide) groups is 1. The molecule has 0 fully saturated rings. The molecule has 0 radical (unpaired) electrons. The molecule has 0 bridgehead atoms. The second-order valence-corrected chi connectivity index (χ2v) is 6.56. The second kappa shape index (κ2) is 5.14. The van der Waals surface area contributed by atoms with Gasteiger partial charge in [0.05, 0.1) is 21.0 Å². The first-order valence-corrected chi connectivity index (χ1v) is 7.95. The third kappa shape index (κ3) is 2.12. The minimum absolute atomic E-state index is 0.206. The Bertz CT molecular complexity index is 626. The van der Waals surface area contributed by atoms with Crippen molar-refractivity contribution in [2.45, 2.75) is 31.4 Å². The first-order chi connectivity index (χ1) is 10.1. The molecular weight excluding hydrogens is 284 g/mol. The van der Waals surface area contributed by atoms with Crippen molar-refractivity contribution in [2.75, 3.05) is 0 Å². The number of guanidine groups is 1. The van der Waals surface area contributed by atoms with E-state index in [1.54, 1.807) is 18.0 Å². The van der Waals surface area contributed by atoms with Gasteiger partial charge in [0, 0.05) is 6.20 Å². The number of nitrogens with one attached hydrogen (secondary N) is 2. The smallest absolute Gasteiger partial charge is 0.199 e. The molecule has 3 rings (SSSR count). The van der Waals surface area contributed by atoms with E-state index < -0.39 is 0 Å². The van der Waals surface area contributed by atoms with Crippen molar-refractivity contribution >= 4 is 17.7 Å². The van der Waals surface area contributed by atoms with Gasteiger partial charge in [-0.2, -0.15) is 10.1 Å². The fourth-order valence-corrected chi connectivity index (χ4v) is 4.69. The van der Waals surface area contributed by atoms with E-state index in [4.69, 9.17) is 11.5 Å². The van der Waals surface area contributed by atoms with Crippen molar-refractivity contribution < 1.29 is 0 Å². The Morgan fingerprint density at radius 2 is 2.10 bits per heavy atom. The summed E-state index contributed by atoms with van der Waals surface area (Å²) in [4.78, 5) is 5.10. The van der Waals surface area contributed by atoms with Crippen molar-refractivity contribution in [1.29, 1.82) is 0 Å². The summed E-state index contributed by atoms with van der Waals surface area (Å²) in [7, 11) is 0. The van der Waals surface area contributed by atoms with Crippen LogP contribution in [0.1, 0.15) is 32.4 Å². The van der Waals surface area contributed by atoms with Crippen LogP contribution < -0.4 is 16.8 Å². The second-order valence-electron chi connectivity index (χ2n) is 5.27. The molecule has 7 heteroatoms. The topological polar surface area (TPSA) is 105 Å². The van der Waals surface area contributed by atoms with Crippen LogP contribution in [-0.4, -0.2) is 16.2 Å². The summed E-state index contributed by atoms with van der Waals surface area (Å²) in [5.41, 5.74) is 13.9. The van der Waals surface area contributed by atoms with Gasteiger partial charge in [0.25, 0.3) is 0 Å². The predicted molar refractivity (Wildman–Crippen MR) is 86.0 cm³/mol. The number of aliphatic imine (C=N–C) groups is 1. The highest BCUT2D eigenvalue weighted by atomic mass is 32.2. The van der Waals surface area contributed by atoms with Gasteiger partial charge >= 0.3 is 0 Å². The Kier molecular flexibility index (Phi) is 3.44. The molecule has 3 heterocycles. The molecule has 1 unspecified atom stereocenters. The van der Waals surface area contributed by atoms with Crippen molar-refractivity contribution in [1.82, 2.24) is 15.5 Å². The van der Waals surface area contributed by atoms with Gasteiger partial charge in [0.1, 0.15) is 5.82 Å². The molecule has 6 nitrogen and oxygen atoms in total. The third-order valence-corrected chi connectivity index (χ3v) is 5.77. The van der Waals surface area contributed by atoms with Crippen LogP contribution in [0.5, 0.6) is 0 Å². The van der Waals surface area contributed by atoms with E-state index in [0.29, 0.717) is 17.7 Å². The summed E-state index contributed by atoms with van der Waals surface area (Å²) >= 11 is 1.73. The molecule has 0 saturated heterocycles. The molecule has 0 aromatic carbocycles. The third-order valence-electron chi connectivity index (χ3n) is 4.12. The van der Waals surface area contributed by atoms with Crippen LogP contribution in [0, 0.1) is 5.92 Å². The molecule has 6 N–H and O–H groups in total. The molecule has 112 valence electrons. The molecule has 1 aromatic rings. The van der Waals surface area contributed by atoms with E-state index >= 15 is 0 Å². The SMILES string of the molecule is CCC(CC)C1(c2ccn[nH]2)C=C2NC(N)=NC(N)=C2S1. The largest absolute Gasteiger partial charge is 0.383 e. The monoisotopic (exact) mass is 304 g/mol. The van der Waals surface area contributed by atoms with Crippen LogP contribution in [0.25, 0.3) is 0 Å². The number of fused-ring (bicyclic) bond motifs is 1. The van der Waals surface area contributed by atoms with Gasteiger partial charge in [0.15, 0.2) is 5.96 Å². The highest BCUT2D eigenvalue weighted by Crippen LogP contribution is 2.56. The molecule has 1 atom stereocenters. The Morgan fingerprint density at radius 3 is 2.71 bits per heavy atom. The van der Waals surface area contributed by atoms with E-state index in [1.807, 2.05) is 6.07 Å². The predicted octanol–water partition coefficient (Wildman–Crippen LogP) is 1.72.